The van der Waals surface area contributed by atoms with Gasteiger partial charge < -0.3 is 15.4 Å². The smallest absolute Gasteiger partial charge is 0.338 e. The van der Waals surface area contributed by atoms with Crippen LogP contribution >= 0.6 is 0 Å². The molecule has 0 saturated carbocycles. The second-order valence-corrected chi connectivity index (χ2v) is 5.78. The summed E-state index contributed by atoms with van der Waals surface area (Å²) < 4.78 is 5.48. The van der Waals surface area contributed by atoms with Gasteiger partial charge in [-0.1, -0.05) is 18.2 Å². The highest BCUT2D eigenvalue weighted by atomic mass is 16.5. The van der Waals surface area contributed by atoms with Crippen LogP contribution in [0.1, 0.15) is 30.1 Å². The summed E-state index contributed by atoms with van der Waals surface area (Å²) in [5.74, 6) is -1.10. The fourth-order valence-corrected chi connectivity index (χ4v) is 3.36. The van der Waals surface area contributed by atoms with Gasteiger partial charge in [0.1, 0.15) is 6.10 Å². The lowest BCUT2D eigenvalue weighted by Gasteiger charge is -2.41. The molecule has 0 aromatic heterocycles. The van der Waals surface area contributed by atoms with Gasteiger partial charge in [0.15, 0.2) is 5.54 Å². The molecule has 0 spiro atoms. The van der Waals surface area contributed by atoms with E-state index in [9.17, 15) is 14.4 Å². The number of rotatable bonds is 3. The van der Waals surface area contributed by atoms with Crippen LogP contribution in [0, 0.1) is 5.92 Å². The third kappa shape index (κ3) is 2.24. The molecule has 2 N–H and O–H groups in total. The van der Waals surface area contributed by atoms with Gasteiger partial charge in [-0.05, 0) is 25.5 Å². The molecule has 2 fully saturated rings. The van der Waals surface area contributed by atoms with Gasteiger partial charge in [-0.15, -0.1) is 0 Å². The molecule has 1 aromatic carbocycles. The zero-order chi connectivity index (χ0) is 15.7. The van der Waals surface area contributed by atoms with Gasteiger partial charge in [-0.3, -0.25) is 9.59 Å². The zero-order valence-corrected chi connectivity index (χ0v) is 12.3. The molecule has 3 atom stereocenters. The molecule has 6 nitrogen and oxygen atoms in total. The number of fused-ring (bicyclic) bond motifs is 1. The Hall–Kier alpha value is -2.37. The van der Waals surface area contributed by atoms with Gasteiger partial charge in [0.25, 0.3) is 0 Å². The lowest BCUT2D eigenvalue weighted by Crippen LogP contribution is -2.67. The normalized spacial score (nSPS) is 28.3. The van der Waals surface area contributed by atoms with Crippen LogP contribution in [0.2, 0.25) is 0 Å². The van der Waals surface area contributed by atoms with Crippen LogP contribution in [0.5, 0.6) is 0 Å². The van der Waals surface area contributed by atoms with E-state index in [2.05, 4.69) is 10.6 Å². The zero-order valence-electron chi connectivity index (χ0n) is 12.3. The van der Waals surface area contributed by atoms with E-state index in [-0.39, 0.29) is 17.7 Å². The van der Waals surface area contributed by atoms with Crippen molar-refractivity contribution in [3.05, 3.63) is 35.9 Å². The number of esters is 1. The maximum absolute atomic E-state index is 12.4. The summed E-state index contributed by atoms with van der Waals surface area (Å²) in [4.78, 5) is 36.4. The molecule has 2 amide bonds. The number of nitrogens with one attached hydrogen (secondary N) is 2. The van der Waals surface area contributed by atoms with E-state index >= 15 is 0 Å². The molecule has 2 aliphatic rings. The second kappa shape index (κ2) is 5.44. The van der Waals surface area contributed by atoms with Crippen molar-refractivity contribution in [1.82, 2.24) is 10.6 Å². The largest absolute Gasteiger partial charge is 0.456 e. The van der Waals surface area contributed by atoms with Crippen LogP contribution in [0.3, 0.4) is 0 Å². The molecule has 0 unspecified atom stereocenters. The minimum absolute atomic E-state index is 0.146. The van der Waals surface area contributed by atoms with E-state index in [1.165, 1.54) is 0 Å². The van der Waals surface area contributed by atoms with Crippen LogP contribution in [0.15, 0.2) is 30.3 Å². The van der Waals surface area contributed by atoms with Crippen molar-refractivity contribution >= 4 is 17.8 Å². The quantitative estimate of drug-likeness (QED) is 0.802. The highest BCUT2D eigenvalue weighted by Crippen LogP contribution is 2.37. The van der Waals surface area contributed by atoms with Crippen LogP contribution in [0.4, 0.5) is 0 Å². The Kier molecular flexibility index (Phi) is 3.60. The van der Waals surface area contributed by atoms with Gasteiger partial charge in [-0.2, -0.15) is 0 Å². The van der Waals surface area contributed by atoms with E-state index in [0.717, 1.165) is 0 Å². The molecular formula is C16H18N2O4. The van der Waals surface area contributed by atoms with E-state index in [1.807, 2.05) is 0 Å². The van der Waals surface area contributed by atoms with Gasteiger partial charge in [0.05, 0.1) is 5.56 Å². The highest BCUT2D eigenvalue weighted by molar-refractivity contribution is 5.97. The molecule has 2 saturated heterocycles. The monoisotopic (exact) mass is 302 g/mol. The molecular weight excluding hydrogens is 284 g/mol. The Morgan fingerprint density at radius 3 is 2.77 bits per heavy atom. The van der Waals surface area contributed by atoms with Crippen LogP contribution < -0.4 is 10.6 Å². The van der Waals surface area contributed by atoms with Crippen LogP contribution in [-0.4, -0.2) is 36.0 Å². The first-order valence-electron chi connectivity index (χ1n) is 7.39. The molecule has 2 aliphatic heterocycles. The second-order valence-electron chi connectivity index (χ2n) is 5.78. The van der Waals surface area contributed by atoms with Gasteiger partial charge in [-0.25, -0.2) is 4.79 Å². The number of carbonyl (C=O) groups is 3. The lowest BCUT2D eigenvalue weighted by molar-refractivity contribution is -0.138. The first-order valence-corrected chi connectivity index (χ1v) is 7.39. The summed E-state index contributed by atoms with van der Waals surface area (Å²) in [6.45, 7) is 2.20. The number of carbonyl (C=O) groups excluding carboxylic acids is 3. The molecule has 22 heavy (non-hydrogen) atoms. The SMILES string of the molecule is C[C@H](OC(=O)c1ccccc1)[C@@]12NC(=O)C[C@@H]1CCNC2=O. The number of piperidine rings is 1. The molecule has 0 bridgehead atoms. The average molecular weight is 302 g/mol. The number of hydrogen-bond donors (Lipinski definition) is 2. The summed E-state index contributed by atoms with van der Waals surface area (Å²) in [6, 6.07) is 8.59. The molecule has 6 heteroatoms. The van der Waals surface area contributed by atoms with E-state index in [0.29, 0.717) is 24.9 Å². The molecule has 0 radical (unpaired) electrons. The van der Waals surface area contributed by atoms with Crippen molar-refractivity contribution in [3.63, 3.8) is 0 Å². The molecule has 1 aromatic rings. The Morgan fingerprint density at radius 2 is 2.05 bits per heavy atom. The van der Waals surface area contributed by atoms with Gasteiger partial charge in [0.2, 0.25) is 11.8 Å². The van der Waals surface area contributed by atoms with Crippen molar-refractivity contribution in [2.75, 3.05) is 6.54 Å². The number of benzene rings is 1. The number of ether oxygens (including phenoxy) is 1. The van der Waals surface area contributed by atoms with Gasteiger partial charge in [0, 0.05) is 18.9 Å². The molecule has 116 valence electrons. The summed E-state index contributed by atoms with van der Waals surface area (Å²) in [7, 11) is 0. The predicted molar refractivity (Wildman–Crippen MR) is 77.9 cm³/mol. The maximum Gasteiger partial charge on any atom is 0.338 e. The van der Waals surface area contributed by atoms with Crippen molar-refractivity contribution in [2.24, 2.45) is 5.92 Å². The first kappa shape index (κ1) is 14.6. The summed E-state index contributed by atoms with van der Waals surface area (Å²) >= 11 is 0. The fourth-order valence-electron chi connectivity index (χ4n) is 3.36. The van der Waals surface area contributed by atoms with Crippen molar-refractivity contribution in [3.8, 4) is 0 Å². The van der Waals surface area contributed by atoms with Crippen molar-refractivity contribution in [1.29, 1.82) is 0 Å². The Bertz CT molecular complexity index is 616. The van der Waals surface area contributed by atoms with Crippen LogP contribution in [-0.2, 0) is 14.3 Å². The highest BCUT2D eigenvalue weighted by Gasteiger charge is 2.58. The average Bonchev–Trinajstić information content (AvgIpc) is 2.87. The number of amides is 2. The van der Waals surface area contributed by atoms with Gasteiger partial charge >= 0.3 is 5.97 Å². The predicted octanol–water partition coefficient (Wildman–Crippen LogP) is 0.627. The lowest BCUT2D eigenvalue weighted by atomic mass is 9.76. The van der Waals surface area contributed by atoms with Crippen LogP contribution in [0.25, 0.3) is 0 Å². The topological polar surface area (TPSA) is 84.5 Å². The van der Waals surface area contributed by atoms with E-state index < -0.39 is 17.6 Å². The summed E-state index contributed by atoms with van der Waals surface area (Å²) in [5, 5.41) is 5.51. The first-order chi connectivity index (χ1) is 10.5. The van der Waals surface area contributed by atoms with E-state index in [4.69, 9.17) is 4.74 Å². The Balaban J connectivity index is 1.83. The molecule has 0 aliphatic carbocycles. The Labute approximate surface area is 128 Å². The fraction of sp³-hybridized carbons (Fsp3) is 0.438. The third-order valence-electron chi connectivity index (χ3n) is 4.51. The minimum Gasteiger partial charge on any atom is -0.456 e. The molecule has 2 heterocycles. The standard InChI is InChI=1S/C16H18N2O4/c1-10(22-14(20)11-5-3-2-4-6-11)16-12(9-13(19)18-16)7-8-17-15(16)21/h2-6,10,12H,7-9H2,1H3,(H,17,21)(H,18,19)/t10-,12-,16+/m0/s1. The van der Waals surface area contributed by atoms with E-state index in [1.54, 1.807) is 37.3 Å². The summed E-state index contributed by atoms with van der Waals surface area (Å²) in [5.41, 5.74) is -0.734. The van der Waals surface area contributed by atoms with Crippen molar-refractivity contribution in [2.45, 2.75) is 31.4 Å². The Morgan fingerprint density at radius 1 is 1.32 bits per heavy atom. The summed E-state index contributed by atoms with van der Waals surface area (Å²) in [6.07, 6.45) is 0.246. The third-order valence-corrected chi connectivity index (χ3v) is 4.51. The maximum atomic E-state index is 12.4. The van der Waals surface area contributed by atoms with Crippen molar-refractivity contribution < 1.29 is 19.1 Å². The number of hydrogen-bond acceptors (Lipinski definition) is 4. The minimum atomic E-state index is -1.15. The molecule has 3 rings (SSSR count).